The van der Waals surface area contributed by atoms with Crippen molar-refractivity contribution in [2.75, 3.05) is 6.54 Å². The van der Waals surface area contributed by atoms with Gasteiger partial charge in [-0.2, -0.15) is 0 Å². The zero-order valence-electron chi connectivity index (χ0n) is 10.2. The summed E-state index contributed by atoms with van der Waals surface area (Å²) in [6, 6.07) is 0.680. The first-order valence-corrected chi connectivity index (χ1v) is 5.73. The van der Waals surface area contributed by atoms with E-state index in [0.717, 1.165) is 12.8 Å². The first-order valence-electron chi connectivity index (χ1n) is 5.73. The summed E-state index contributed by atoms with van der Waals surface area (Å²) in [6.07, 6.45) is 1.58. The van der Waals surface area contributed by atoms with E-state index in [1.54, 1.807) is 0 Å². The first-order chi connectivity index (χ1) is 8.34. The van der Waals surface area contributed by atoms with E-state index in [9.17, 15) is 17.6 Å². The second kappa shape index (κ2) is 4.37. The Hall–Kier alpha value is -1.39. The lowest BCUT2D eigenvalue weighted by Crippen LogP contribution is -2.30. The molecule has 0 amide bonds. The molecule has 0 radical (unpaired) electrons. The molecule has 0 spiro atoms. The maximum Gasteiger partial charge on any atom is 0.198 e. The molecule has 2 rings (SSSR count). The van der Waals surface area contributed by atoms with Crippen molar-refractivity contribution in [2.24, 2.45) is 10.4 Å². The van der Waals surface area contributed by atoms with Gasteiger partial charge >= 0.3 is 0 Å². The standard InChI is InChI=1S/C13H13F4N/c1-13(2)4-3-5-18-12(13)7-6-8(14)10(16)11(17)9(7)15/h6H,3-5H2,1-2H3. The third-order valence-electron chi connectivity index (χ3n) is 3.23. The fourth-order valence-corrected chi connectivity index (χ4v) is 2.24. The van der Waals surface area contributed by atoms with E-state index in [1.165, 1.54) is 0 Å². The van der Waals surface area contributed by atoms with Gasteiger partial charge in [-0.05, 0) is 18.9 Å². The Labute approximate surface area is 103 Å². The molecule has 1 aromatic carbocycles. The molecule has 0 saturated heterocycles. The Bertz CT molecular complexity index is 520. The molecule has 0 bridgehead atoms. The lowest BCUT2D eigenvalue weighted by molar-refractivity contribution is 0.402. The van der Waals surface area contributed by atoms with Gasteiger partial charge < -0.3 is 0 Å². The van der Waals surface area contributed by atoms with E-state index < -0.39 is 28.7 Å². The van der Waals surface area contributed by atoms with Gasteiger partial charge in [0.15, 0.2) is 23.3 Å². The summed E-state index contributed by atoms with van der Waals surface area (Å²) in [5.41, 5.74) is -0.462. The van der Waals surface area contributed by atoms with E-state index in [1.807, 2.05) is 13.8 Å². The van der Waals surface area contributed by atoms with Crippen LogP contribution in [0.4, 0.5) is 17.6 Å². The van der Waals surface area contributed by atoms with E-state index in [-0.39, 0.29) is 5.56 Å². The summed E-state index contributed by atoms with van der Waals surface area (Å²) < 4.78 is 53.0. The van der Waals surface area contributed by atoms with Crippen molar-refractivity contribution in [3.8, 4) is 0 Å². The molecular weight excluding hydrogens is 246 g/mol. The Morgan fingerprint density at radius 1 is 1.06 bits per heavy atom. The van der Waals surface area contributed by atoms with Gasteiger partial charge in [0.2, 0.25) is 0 Å². The molecule has 0 aliphatic carbocycles. The van der Waals surface area contributed by atoms with Gasteiger partial charge in [-0.15, -0.1) is 0 Å². The van der Waals surface area contributed by atoms with Gasteiger partial charge in [0.1, 0.15) is 0 Å². The summed E-state index contributed by atoms with van der Waals surface area (Å²) in [7, 11) is 0. The third-order valence-corrected chi connectivity index (χ3v) is 3.23. The van der Waals surface area contributed by atoms with E-state index >= 15 is 0 Å². The number of aliphatic imine (C=N–C) groups is 1. The van der Waals surface area contributed by atoms with Crippen molar-refractivity contribution < 1.29 is 17.6 Å². The highest BCUT2D eigenvalue weighted by Gasteiger charge is 2.32. The fourth-order valence-electron chi connectivity index (χ4n) is 2.24. The van der Waals surface area contributed by atoms with Crippen LogP contribution in [0.3, 0.4) is 0 Å². The van der Waals surface area contributed by atoms with Crippen LogP contribution in [0.2, 0.25) is 0 Å². The lowest BCUT2D eigenvalue weighted by Gasteiger charge is -2.30. The summed E-state index contributed by atoms with van der Waals surface area (Å²) in [6.45, 7) is 4.13. The Balaban J connectivity index is 2.62. The smallest absolute Gasteiger partial charge is 0.198 e. The average molecular weight is 259 g/mol. The van der Waals surface area contributed by atoms with Gasteiger partial charge in [0.05, 0.1) is 5.71 Å². The quantitative estimate of drug-likeness (QED) is 0.412. The number of hydrogen-bond donors (Lipinski definition) is 0. The molecule has 0 saturated carbocycles. The number of rotatable bonds is 1. The Morgan fingerprint density at radius 3 is 2.33 bits per heavy atom. The van der Waals surface area contributed by atoms with Crippen molar-refractivity contribution >= 4 is 5.71 Å². The molecule has 98 valence electrons. The second-order valence-electron chi connectivity index (χ2n) is 5.07. The van der Waals surface area contributed by atoms with Crippen molar-refractivity contribution in [1.82, 2.24) is 0 Å². The zero-order chi connectivity index (χ0) is 13.5. The van der Waals surface area contributed by atoms with E-state index in [2.05, 4.69) is 4.99 Å². The van der Waals surface area contributed by atoms with Gasteiger partial charge in [0.25, 0.3) is 0 Å². The average Bonchev–Trinajstić information content (AvgIpc) is 2.31. The second-order valence-corrected chi connectivity index (χ2v) is 5.07. The molecule has 18 heavy (non-hydrogen) atoms. The van der Waals surface area contributed by atoms with Crippen molar-refractivity contribution in [2.45, 2.75) is 26.7 Å². The Kier molecular flexibility index (Phi) is 3.17. The maximum absolute atomic E-state index is 13.7. The molecular formula is C13H13F4N. The molecule has 0 aromatic heterocycles. The van der Waals surface area contributed by atoms with Crippen molar-refractivity contribution in [3.63, 3.8) is 0 Å². The number of nitrogens with zero attached hydrogens (tertiary/aromatic N) is 1. The molecule has 1 aliphatic heterocycles. The van der Waals surface area contributed by atoms with Crippen LogP contribution in [-0.2, 0) is 0 Å². The molecule has 1 nitrogen and oxygen atoms in total. The molecule has 1 aliphatic rings. The number of hydrogen-bond acceptors (Lipinski definition) is 1. The van der Waals surface area contributed by atoms with Gasteiger partial charge in [0, 0.05) is 17.5 Å². The summed E-state index contributed by atoms with van der Waals surface area (Å²) in [4.78, 5) is 4.15. The van der Waals surface area contributed by atoms with Gasteiger partial charge in [-0.3, -0.25) is 4.99 Å². The fraction of sp³-hybridized carbons (Fsp3) is 0.462. The number of benzene rings is 1. The van der Waals surface area contributed by atoms with E-state index in [4.69, 9.17) is 0 Å². The maximum atomic E-state index is 13.7. The molecule has 0 atom stereocenters. The lowest BCUT2D eigenvalue weighted by atomic mass is 9.77. The van der Waals surface area contributed by atoms with Crippen LogP contribution in [0.25, 0.3) is 0 Å². The highest BCUT2D eigenvalue weighted by molar-refractivity contribution is 6.04. The van der Waals surface area contributed by atoms with Gasteiger partial charge in [-0.1, -0.05) is 13.8 Å². The van der Waals surface area contributed by atoms with Crippen LogP contribution >= 0.6 is 0 Å². The molecule has 0 fully saturated rings. The summed E-state index contributed by atoms with van der Waals surface area (Å²) in [5.74, 6) is -6.34. The SMILES string of the molecule is CC1(C)CCCN=C1c1cc(F)c(F)c(F)c1F. The van der Waals surface area contributed by atoms with Gasteiger partial charge in [-0.25, -0.2) is 17.6 Å². The van der Waals surface area contributed by atoms with Crippen LogP contribution in [-0.4, -0.2) is 12.3 Å². The summed E-state index contributed by atoms with van der Waals surface area (Å²) in [5, 5.41) is 0. The minimum absolute atomic E-state index is 0.281. The highest BCUT2D eigenvalue weighted by Crippen LogP contribution is 2.33. The van der Waals surface area contributed by atoms with Crippen LogP contribution in [0.5, 0.6) is 0 Å². The zero-order valence-corrected chi connectivity index (χ0v) is 10.2. The minimum atomic E-state index is -1.79. The van der Waals surface area contributed by atoms with E-state index in [0.29, 0.717) is 18.3 Å². The predicted molar refractivity (Wildman–Crippen MR) is 60.7 cm³/mol. The molecule has 0 unspecified atom stereocenters. The molecule has 0 N–H and O–H groups in total. The van der Waals surface area contributed by atoms with Crippen LogP contribution in [0, 0.1) is 28.7 Å². The largest absolute Gasteiger partial charge is 0.288 e. The normalized spacial score (nSPS) is 18.7. The monoisotopic (exact) mass is 259 g/mol. The summed E-state index contributed by atoms with van der Waals surface area (Å²) >= 11 is 0. The Morgan fingerprint density at radius 2 is 1.72 bits per heavy atom. The number of halogens is 4. The first kappa shape index (κ1) is 13.1. The highest BCUT2D eigenvalue weighted by atomic mass is 19.2. The molecule has 1 heterocycles. The van der Waals surface area contributed by atoms with Crippen LogP contribution in [0.1, 0.15) is 32.3 Å². The third kappa shape index (κ3) is 2.02. The van der Waals surface area contributed by atoms with Crippen LogP contribution in [0.15, 0.2) is 11.1 Å². The molecule has 5 heteroatoms. The minimum Gasteiger partial charge on any atom is -0.288 e. The van der Waals surface area contributed by atoms with Crippen molar-refractivity contribution in [3.05, 3.63) is 34.9 Å². The van der Waals surface area contributed by atoms with Crippen molar-refractivity contribution in [1.29, 1.82) is 0 Å². The topological polar surface area (TPSA) is 12.4 Å². The predicted octanol–water partition coefficient (Wildman–Crippen LogP) is 3.85. The van der Waals surface area contributed by atoms with Crippen LogP contribution < -0.4 is 0 Å². The molecule has 1 aromatic rings.